The van der Waals surface area contributed by atoms with Crippen LogP contribution < -0.4 is 0 Å². The first-order chi connectivity index (χ1) is 13.6. The van der Waals surface area contributed by atoms with E-state index in [0.29, 0.717) is 17.3 Å². The summed E-state index contributed by atoms with van der Waals surface area (Å²) in [5.41, 5.74) is 1.56. The standard InChI is InChI=1S/C23H21N3O2/c1-16(2)26(15-21-24-22(25-28-21)18-10-4-3-5-11-18)23(27)20-14-8-12-17-9-6-7-13-19(17)20/h3-14,16H,15H2,1-2H3. The average molecular weight is 371 g/mol. The third-order valence-corrected chi connectivity index (χ3v) is 4.71. The molecule has 0 unspecified atom stereocenters. The highest BCUT2D eigenvalue weighted by Crippen LogP contribution is 2.22. The Morgan fingerprint density at radius 1 is 0.964 bits per heavy atom. The van der Waals surface area contributed by atoms with Crippen molar-refractivity contribution in [1.29, 1.82) is 0 Å². The largest absolute Gasteiger partial charge is 0.337 e. The van der Waals surface area contributed by atoms with E-state index in [9.17, 15) is 4.79 Å². The Labute approximate surface area is 163 Å². The highest BCUT2D eigenvalue weighted by molar-refractivity contribution is 6.07. The predicted molar refractivity (Wildman–Crippen MR) is 109 cm³/mol. The second-order valence-electron chi connectivity index (χ2n) is 6.93. The van der Waals surface area contributed by atoms with Gasteiger partial charge in [0, 0.05) is 17.2 Å². The molecular formula is C23H21N3O2. The van der Waals surface area contributed by atoms with Crippen LogP contribution in [0.2, 0.25) is 0 Å². The Bertz CT molecular complexity index is 1100. The second kappa shape index (κ2) is 7.64. The minimum atomic E-state index is -0.0498. The van der Waals surface area contributed by atoms with Gasteiger partial charge in [-0.1, -0.05) is 71.9 Å². The topological polar surface area (TPSA) is 59.2 Å². The van der Waals surface area contributed by atoms with E-state index in [2.05, 4.69) is 10.1 Å². The van der Waals surface area contributed by atoms with Gasteiger partial charge in [0.2, 0.25) is 11.7 Å². The maximum Gasteiger partial charge on any atom is 0.255 e. The number of amides is 1. The molecule has 0 saturated heterocycles. The molecule has 1 aromatic heterocycles. The van der Waals surface area contributed by atoms with Gasteiger partial charge >= 0.3 is 0 Å². The highest BCUT2D eigenvalue weighted by Gasteiger charge is 2.23. The predicted octanol–water partition coefficient (Wildman–Crippen LogP) is 4.94. The van der Waals surface area contributed by atoms with E-state index in [1.807, 2.05) is 86.6 Å². The van der Waals surface area contributed by atoms with Gasteiger partial charge in [0.15, 0.2) is 0 Å². The van der Waals surface area contributed by atoms with Crippen LogP contribution in [0.3, 0.4) is 0 Å². The molecule has 0 N–H and O–H groups in total. The summed E-state index contributed by atoms with van der Waals surface area (Å²) in [6.45, 7) is 4.23. The molecule has 0 atom stereocenters. The molecule has 5 heteroatoms. The number of aromatic nitrogens is 2. The van der Waals surface area contributed by atoms with Crippen LogP contribution in [0.5, 0.6) is 0 Å². The van der Waals surface area contributed by atoms with Crippen LogP contribution in [0.1, 0.15) is 30.1 Å². The molecule has 0 bridgehead atoms. The van der Waals surface area contributed by atoms with Gasteiger partial charge < -0.3 is 9.42 Å². The Hall–Kier alpha value is -3.47. The van der Waals surface area contributed by atoms with Crippen LogP contribution in [0, 0.1) is 0 Å². The SMILES string of the molecule is CC(C)N(Cc1nc(-c2ccccc2)no1)C(=O)c1cccc2ccccc12. The van der Waals surface area contributed by atoms with E-state index in [4.69, 9.17) is 4.52 Å². The summed E-state index contributed by atoms with van der Waals surface area (Å²) in [6, 6.07) is 23.3. The lowest BCUT2D eigenvalue weighted by Crippen LogP contribution is -2.36. The minimum absolute atomic E-state index is 0.0152. The second-order valence-corrected chi connectivity index (χ2v) is 6.93. The molecular weight excluding hydrogens is 350 g/mol. The van der Waals surface area contributed by atoms with Crippen molar-refractivity contribution < 1.29 is 9.32 Å². The van der Waals surface area contributed by atoms with Gasteiger partial charge in [-0.05, 0) is 30.7 Å². The summed E-state index contributed by atoms with van der Waals surface area (Å²) in [5, 5.41) is 6.04. The van der Waals surface area contributed by atoms with Crippen molar-refractivity contribution in [2.45, 2.75) is 26.4 Å². The van der Waals surface area contributed by atoms with Gasteiger partial charge in [0.05, 0.1) is 0 Å². The van der Waals surface area contributed by atoms with Crippen molar-refractivity contribution in [3.63, 3.8) is 0 Å². The van der Waals surface area contributed by atoms with Gasteiger partial charge in [-0.25, -0.2) is 0 Å². The zero-order chi connectivity index (χ0) is 19.5. The molecule has 0 spiro atoms. The molecule has 0 radical (unpaired) electrons. The van der Waals surface area contributed by atoms with Crippen LogP contribution in [0.15, 0.2) is 77.3 Å². The van der Waals surface area contributed by atoms with Crippen molar-refractivity contribution in [3.8, 4) is 11.4 Å². The fraction of sp³-hybridized carbons (Fsp3) is 0.174. The fourth-order valence-corrected chi connectivity index (χ4v) is 3.22. The van der Waals surface area contributed by atoms with Crippen molar-refractivity contribution in [1.82, 2.24) is 15.0 Å². The van der Waals surface area contributed by atoms with Gasteiger partial charge in [0.1, 0.15) is 6.54 Å². The van der Waals surface area contributed by atoms with Crippen molar-refractivity contribution in [3.05, 3.63) is 84.3 Å². The highest BCUT2D eigenvalue weighted by atomic mass is 16.5. The molecule has 0 aliphatic heterocycles. The Balaban J connectivity index is 1.63. The number of hydrogen-bond donors (Lipinski definition) is 0. The minimum Gasteiger partial charge on any atom is -0.337 e. The molecule has 0 aliphatic carbocycles. The lowest BCUT2D eigenvalue weighted by molar-refractivity contribution is 0.0669. The number of nitrogens with zero attached hydrogens (tertiary/aromatic N) is 3. The van der Waals surface area contributed by atoms with Crippen LogP contribution in [0.4, 0.5) is 0 Å². The Morgan fingerprint density at radius 3 is 2.46 bits per heavy atom. The van der Waals surface area contributed by atoms with Gasteiger partial charge in [-0.2, -0.15) is 4.98 Å². The molecule has 1 heterocycles. The van der Waals surface area contributed by atoms with E-state index in [1.54, 1.807) is 4.90 Å². The molecule has 0 fully saturated rings. The number of fused-ring (bicyclic) bond motifs is 1. The summed E-state index contributed by atoms with van der Waals surface area (Å²) in [7, 11) is 0. The fourth-order valence-electron chi connectivity index (χ4n) is 3.22. The van der Waals surface area contributed by atoms with Crippen molar-refractivity contribution in [2.75, 3.05) is 0 Å². The summed E-state index contributed by atoms with van der Waals surface area (Å²) in [6.07, 6.45) is 0. The number of benzene rings is 3. The lowest BCUT2D eigenvalue weighted by Gasteiger charge is -2.25. The molecule has 0 saturated carbocycles. The number of hydrogen-bond acceptors (Lipinski definition) is 4. The number of carbonyl (C=O) groups excluding carboxylic acids is 1. The van der Waals surface area contributed by atoms with Gasteiger partial charge in [-0.15, -0.1) is 0 Å². The van der Waals surface area contributed by atoms with Crippen LogP contribution >= 0.6 is 0 Å². The van der Waals surface area contributed by atoms with Crippen molar-refractivity contribution >= 4 is 16.7 Å². The van der Waals surface area contributed by atoms with Crippen LogP contribution in [-0.4, -0.2) is 27.0 Å². The summed E-state index contributed by atoms with van der Waals surface area (Å²) in [5.74, 6) is 0.893. The molecule has 3 aromatic carbocycles. The molecule has 28 heavy (non-hydrogen) atoms. The number of carbonyl (C=O) groups is 1. The lowest BCUT2D eigenvalue weighted by atomic mass is 10.0. The van der Waals surface area contributed by atoms with E-state index >= 15 is 0 Å². The average Bonchev–Trinajstić information content (AvgIpc) is 3.20. The molecule has 1 amide bonds. The summed E-state index contributed by atoms with van der Waals surface area (Å²) >= 11 is 0. The third-order valence-electron chi connectivity index (χ3n) is 4.71. The van der Waals surface area contributed by atoms with Crippen LogP contribution in [-0.2, 0) is 6.54 Å². The zero-order valence-electron chi connectivity index (χ0n) is 15.9. The Morgan fingerprint density at radius 2 is 1.68 bits per heavy atom. The molecule has 4 aromatic rings. The monoisotopic (exact) mass is 371 g/mol. The maximum atomic E-state index is 13.3. The van der Waals surface area contributed by atoms with Gasteiger partial charge in [0.25, 0.3) is 5.91 Å². The zero-order valence-corrected chi connectivity index (χ0v) is 15.9. The molecule has 140 valence electrons. The molecule has 4 rings (SSSR count). The smallest absolute Gasteiger partial charge is 0.255 e. The van der Waals surface area contributed by atoms with Crippen LogP contribution in [0.25, 0.3) is 22.2 Å². The number of rotatable bonds is 5. The van der Waals surface area contributed by atoms with Gasteiger partial charge in [-0.3, -0.25) is 4.79 Å². The quantitative estimate of drug-likeness (QED) is 0.498. The third kappa shape index (κ3) is 3.51. The Kier molecular flexibility index (Phi) is 4.89. The normalized spacial score (nSPS) is 11.1. The first kappa shape index (κ1) is 17.9. The van der Waals surface area contributed by atoms with E-state index in [0.717, 1.165) is 16.3 Å². The summed E-state index contributed by atoms with van der Waals surface area (Å²) in [4.78, 5) is 19.5. The van der Waals surface area contributed by atoms with E-state index < -0.39 is 0 Å². The first-order valence-corrected chi connectivity index (χ1v) is 9.30. The van der Waals surface area contributed by atoms with E-state index in [1.165, 1.54) is 0 Å². The van der Waals surface area contributed by atoms with E-state index in [-0.39, 0.29) is 18.5 Å². The molecule has 0 aliphatic rings. The summed E-state index contributed by atoms with van der Waals surface area (Å²) < 4.78 is 5.42. The first-order valence-electron chi connectivity index (χ1n) is 9.30. The van der Waals surface area contributed by atoms with Crippen molar-refractivity contribution in [2.24, 2.45) is 0 Å². The maximum absolute atomic E-state index is 13.3. The molecule has 5 nitrogen and oxygen atoms in total.